The minimum absolute atomic E-state index is 0.0517. The molecule has 0 saturated heterocycles. The van der Waals surface area contributed by atoms with E-state index in [1.54, 1.807) is 0 Å². The van der Waals surface area contributed by atoms with Gasteiger partial charge in [-0.2, -0.15) is 0 Å². The van der Waals surface area contributed by atoms with E-state index in [1.165, 1.54) is 12.1 Å². The molecule has 112 valence electrons. The average Bonchev–Trinajstić information content (AvgIpc) is 2.37. The third kappa shape index (κ3) is 3.40. The molecule has 0 amide bonds. The molecule has 0 bridgehead atoms. The fourth-order valence-electron chi connectivity index (χ4n) is 1.54. The predicted octanol–water partition coefficient (Wildman–Crippen LogP) is 6.44. The number of sulfone groups is 1. The van der Waals surface area contributed by atoms with Crippen LogP contribution in [0.2, 0.25) is 30.1 Å². The van der Waals surface area contributed by atoms with E-state index in [9.17, 15) is 8.42 Å². The lowest BCUT2D eigenvalue weighted by Crippen LogP contribution is -2.04. The SMILES string of the molecule is O=S(=O)(c1cc(Cl)c(Cl)cc1Cl)c1cc(Cl)c(Cl)cc1Cl. The molecule has 0 aliphatic rings. The maximum Gasteiger partial charge on any atom is 0.209 e. The first-order valence-electron chi connectivity index (χ1n) is 5.18. The van der Waals surface area contributed by atoms with Gasteiger partial charge in [-0.1, -0.05) is 69.6 Å². The molecule has 0 N–H and O–H groups in total. The van der Waals surface area contributed by atoms with E-state index in [-0.39, 0.29) is 39.9 Å². The smallest absolute Gasteiger partial charge is 0.209 e. The molecule has 0 atom stereocenters. The zero-order valence-electron chi connectivity index (χ0n) is 9.80. The Morgan fingerprint density at radius 3 is 1.14 bits per heavy atom. The lowest BCUT2D eigenvalue weighted by Gasteiger charge is -2.10. The molecule has 0 unspecified atom stereocenters. The largest absolute Gasteiger partial charge is 0.218 e. The number of hydrogen-bond donors (Lipinski definition) is 0. The van der Waals surface area contributed by atoms with Crippen LogP contribution < -0.4 is 0 Å². The molecule has 0 aromatic heterocycles. The first kappa shape index (κ1) is 17.5. The summed E-state index contributed by atoms with van der Waals surface area (Å²) < 4.78 is 25.3. The molecule has 0 heterocycles. The Labute approximate surface area is 151 Å². The minimum atomic E-state index is -4.03. The summed E-state index contributed by atoms with van der Waals surface area (Å²) in [5.74, 6) is 0. The topological polar surface area (TPSA) is 34.1 Å². The van der Waals surface area contributed by atoms with Gasteiger partial charge in [-0.05, 0) is 24.3 Å². The fourth-order valence-corrected chi connectivity index (χ4v) is 4.79. The van der Waals surface area contributed by atoms with E-state index in [4.69, 9.17) is 69.6 Å². The van der Waals surface area contributed by atoms with Crippen LogP contribution in [0.1, 0.15) is 0 Å². The third-order valence-electron chi connectivity index (χ3n) is 2.53. The standard InChI is InChI=1S/C12H4Cl6O2S/c13-5-1-9(17)11(3-7(5)15)21(19,20)12-4-8(16)6(14)2-10(12)18/h1-4H. The number of rotatable bonds is 2. The highest BCUT2D eigenvalue weighted by atomic mass is 35.5. The summed E-state index contributed by atoms with van der Waals surface area (Å²) in [5.41, 5.74) is 0. The van der Waals surface area contributed by atoms with Gasteiger partial charge < -0.3 is 0 Å². The van der Waals surface area contributed by atoms with Crippen LogP contribution in [-0.2, 0) is 9.84 Å². The van der Waals surface area contributed by atoms with Gasteiger partial charge in [0.25, 0.3) is 0 Å². The number of benzene rings is 2. The van der Waals surface area contributed by atoms with Crippen molar-refractivity contribution in [3.63, 3.8) is 0 Å². The van der Waals surface area contributed by atoms with Crippen molar-refractivity contribution in [3.05, 3.63) is 54.4 Å². The summed E-state index contributed by atoms with van der Waals surface area (Å²) >= 11 is 35.1. The van der Waals surface area contributed by atoms with Crippen LogP contribution in [0.15, 0.2) is 34.1 Å². The molecular formula is C12H4Cl6O2S. The van der Waals surface area contributed by atoms with Crippen molar-refractivity contribution < 1.29 is 8.42 Å². The van der Waals surface area contributed by atoms with Crippen LogP contribution in [0.3, 0.4) is 0 Å². The van der Waals surface area contributed by atoms with Crippen molar-refractivity contribution in [2.24, 2.45) is 0 Å². The second-order valence-electron chi connectivity index (χ2n) is 3.90. The molecular weight excluding hydrogens is 421 g/mol. The summed E-state index contributed by atoms with van der Waals surface area (Å²) in [5, 5.41) is 0.228. The third-order valence-corrected chi connectivity index (χ3v) is 6.66. The normalized spacial score (nSPS) is 11.7. The molecule has 2 rings (SSSR count). The van der Waals surface area contributed by atoms with E-state index in [1.807, 2.05) is 0 Å². The lowest BCUT2D eigenvalue weighted by molar-refractivity contribution is 0.596. The van der Waals surface area contributed by atoms with Crippen LogP contribution in [0.25, 0.3) is 0 Å². The summed E-state index contributed by atoms with van der Waals surface area (Å²) in [7, 11) is -4.03. The minimum Gasteiger partial charge on any atom is -0.218 e. The molecule has 0 fully saturated rings. The molecule has 2 aromatic carbocycles. The molecule has 0 aliphatic heterocycles. The van der Waals surface area contributed by atoms with Crippen molar-refractivity contribution in [1.82, 2.24) is 0 Å². The van der Waals surface area contributed by atoms with Crippen molar-refractivity contribution in [1.29, 1.82) is 0 Å². The highest BCUT2D eigenvalue weighted by molar-refractivity contribution is 7.91. The molecule has 2 nitrogen and oxygen atoms in total. The summed E-state index contributed by atoms with van der Waals surface area (Å²) in [6.45, 7) is 0. The van der Waals surface area contributed by atoms with E-state index in [0.717, 1.165) is 12.1 Å². The zero-order chi connectivity index (χ0) is 15.9. The fraction of sp³-hybridized carbons (Fsp3) is 0. The van der Waals surface area contributed by atoms with Gasteiger partial charge in [-0.25, -0.2) is 8.42 Å². The Morgan fingerprint density at radius 1 is 0.524 bits per heavy atom. The van der Waals surface area contributed by atoms with Crippen molar-refractivity contribution in [2.75, 3.05) is 0 Å². The van der Waals surface area contributed by atoms with Gasteiger partial charge in [0, 0.05) is 0 Å². The van der Waals surface area contributed by atoms with E-state index >= 15 is 0 Å². The highest BCUT2D eigenvalue weighted by Gasteiger charge is 2.26. The van der Waals surface area contributed by atoms with Crippen LogP contribution in [0, 0.1) is 0 Å². The van der Waals surface area contributed by atoms with Gasteiger partial charge >= 0.3 is 0 Å². The Hall–Kier alpha value is 0.130. The van der Waals surface area contributed by atoms with Crippen LogP contribution in [-0.4, -0.2) is 8.42 Å². The van der Waals surface area contributed by atoms with Gasteiger partial charge in [0.15, 0.2) is 0 Å². The monoisotopic (exact) mass is 422 g/mol. The van der Waals surface area contributed by atoms with Gasteiger partial charge in [0.1, 0.15) is 0 Å². The quantitative estimate of drug-likeness (QED) is 0.520. The Kier molecular flexibility index (Phi) is 5.27. The van der Waals surface area contributed by atoms with E-state index in [2.05, 4.69) is 0 Å². The molecule has 9 heteroatoms. The zero-order valence-corrected chi connectivity index (χ0v) is 15.2. The summed E-state index contributed by atoms with van der Waals surface area (Å²) in [4.78, 5) is -0.447. The molecule has 0 spiro atoms. The number of hydrogen-bond acceptors (Lipinski definition) is 2. The van der Waals surface area contributed by atoms with Crippen LogP contribution in [0.4, 0.5) is 0 Å². The van der Waals surface area contributed by atoms with Gasteiger partial charge in [-0.3, -0.25) is 0 Å². The summed E-state index contributed by atoms with van der Waals surface area (Å²) in [6, 6.07) is 4.79. The highest BCUT2D eigenvalue weighted by Crippen LogP contribution is 2.38. The second kappa shape index (κ2) is 6.32. The molecule has 0 aliphatic carbocycles. The van der Waals surface area contributed by atoms with Crippen molar-refractivity contribution in [3.8, 4) is 0 Å². The maximum absolute atomic E-state index is 12.6. The van der Waals surface area contributed by atoms with Crippen LogP contribution in [0.5, 0.6) is 0 Å². The molecule has 2 aromatic rings. The maximum atomic E-state index is 12.6. The predicted molar refractivity (Wildman–Crippen MR) is 88.4 cm³/mol. The Morgan fingerprint density at radius 2 is 0.810 bits per heavy atom. The number of halogens is 6. The van der Waals surface area contributed by atoms with Crippen molar-refractivity contribution >= 4 is 79.4 Å². The van der Waals surface area contributed by atoms with Crippen molar-refractivity contribution in [2.45, 2.75) is 9.79 Å². The van der Waals surface area contributed by atoms with E-state index < -0.39 is 9.84 Å². The second-order valence-corrected chi connectivity index (χ2v) is 8.23. The molecule has 0 saturated carbocycles. The van der Waals surface area contributed by atoms with Gasteiger partial charge in [-0.15, -0.1) is 0 Å². The van der Waals surface area contributed by atoms with Crippen LogP contribution >= 0.6 is 69.6 Å². The molecule has 0 radical (unpaired) electrons. The van der Waals surface area contributed by atoms with Gasteiger partial charge in [0.05, 0.1) is 39.9 Å². The summed E-state index contributed by atoms with van der Waals surface area (Å²) in [6.07, 6.45) is 0. The first-order chi connectivity index (χ1) is 9.64. The Bertz CT molecular complexity index is 769. The van der Waals surface area contributed by atoms with E-state index in [0.29, 0.717) is 0 Å². The first-order valence-corrected chi connectivity index (χ1v) is 8.94. The lowest BCUT2D eigenvalue weighted by atomic mass is 10.3. The molecule has 21 heavy (non-hydrogen) atoms. The van der Waals surface area contributed by atoms with Gasteiger partial charge in [0.2, 0.25) is 9.84 Å². The average molecular weight is 425 g/mol. The Balaban J connectivity index is 2.74.